The lowest BCUT2D eigenvalue weighted by molar-refractivity contribution is -0.129. The molecule has 0 bridgehead atoms. The van der Waals surface area contributed by atoms with Gasteiger partial charge >= 0.3 is 5.63 Å². The Morgan fingerprint density at radius 3 is 2.71 bits per heavy atom. The molecule has 1 amide bonds. The molecule has 1 aliphatic heterocycles. The van der Waals surface area contributed by atoms with E-state index in [0.29, 0.717) is 11.1 Å². The number of nitrogens with two attached hydrogens (primary N) is 1. The first-order valence-electron chi connectivity index (χ1n) is 9.37. The summed E-state index contributed by atoms with van der Waals surface area (Å²) < 4.78 is 15.8. The molecule has 10 nitrogen and oxygen atoms in total. The molecule has 0 unspecified atom stereocenters. The molecule has 5 atom stereocenters. The van der Waals surface area contributed by atoms with Crippen LogP contribution in [0, 0.1) is 0 Å². The van der Waals surface area contributed by atoms with Crippen LogP contribution in [0.15, 0.2) is 39.6 Å². The number of thioether (sulfide) groups is 1. The van der Waals surface area contributed by atoms with E-state index >= 15 is 0 Å². The minimum atomic E-state index is -1.79. The van der Waals surface area contributed by atoms with Gasteiger partial charge in [0, 0.05) is 11.8 Å². The molecule has 1 aliphatic carbocycles. The zero-order chi connectivity index (χ0) is 22.6. The van der Waals surface area contributed by atoms with Crippen molar-refractivity contribution in [2.24, 2.45) is 5.73 Å². The summed E-state index contributed by atoms with van der Waals surface area (Å²) in [6.07, 6.45) is -0.241. The number of hydrogen-bond acceptors (Lipinski definition) is 10. The highest BCUT2D eigenvalue weighted by molar-refractivity contribution is 8.02. The first-order chi connectivity index (χ1) is 14.6. The molecule has 0 radical (unpaired) electrons. The van der Waals surface area contributed by atoms with Gasteiger partial charge in [0.25, 0.3) is 5.91 Å². The number of benzene rings is 1. The highest BCUT2D eigenvalue weighted by atomic mass is 32.2. The van der Waals surface area contributed by atoms with Gasteiger partial charge in [-0.1, -0.05) is 12.2 Å². The van der Waals surface area contributed by atoms with E-state index in [4.69, 9.17) is 19.6 Å². The SMILES string of the molecule is COc1ccc2cc(NC(=O)[C@]3(N)C[C@]4(O)[C@@H](C=C[C@@H](O)[C@@H]4O)S3)c(=O)oc2c1OC. The van der Waals surface area contributed by atoms with E-state index < -0.39 is 39.5 Å². The predicted octanol–water partition coefficient (Wildman–Crippen LogP) is -0.0681. The first-order valence-corrected chi connectivity index (χ1v) is 10.2. The van der Waals surface area contributed by atoms with Crippen LogP contribution in [0.5, 0.6) is 11.5 Å². The van der Waals surface area contributed by atoms with Crippen LogP contribution < -0.4 is 26.1 Å². The molecule has 2 aliphatic rings. The van der Waals surface area contributed by atoms with Crippen molar-refractivity contribution in [3.8, 4) is 11.5 Å². The summed E-state index contributed by atoms with van der Waals surface area (Å²) in [6, 6.07) is 4.69. The van der Waals surface area contributed by atoms with Gasteiger partial charge in [0.1, 0.15) is 28.4 Å². The molecule has 0 saturated carbocycles. The van der Waals surface area contributed by atoms with Gasteiger partial charge in [0.15, 0.2) is 11.3 Å². The van der Waals surface area contributed by atoms with Crippen molar-refractivity contribution in [1.82, 2.24) is 0 Å². The van der Waals surface area contributed by atoms with Gasteiger partial charge in [-0.25, -0.2) is 4.79 Å². The van der Waals surface area contributed by atoms with Crippen LogP contribution in [-0.4, -0.2) is 63.4 Å². The molecule has 1 saturated heterocycles. The van der Waals surface area contributed by atoms with Crippen LogP contribution in [0.3, 0.4) is 0 Å². The van der Waals surface area contributed by atoms with E-state index in [1.54, 1.807) is 12.1 Å². The van der Waals surface area contributed by atoms with Gasteiger partial charge in [-0.05, 0) is 18.2 Å². The Kier molecular flexibility index (Phi) is 5.26. The quantitative estimate of drug-likeness (QED) is 0.315. The highest BCUT2D eigenvalue weighted by Gasteiger charge is 2.61. The fraction of sp³-hybridized carbons (Fsp3) is 0.400. The van der Waals surface area contributed by atoms with Crippen molar-refractivity contribution in [2.75, 3.05) is 19.5 Å². The van der Waals surface area contributed by atoms with Crippen LogP contribution in [0.25, 0.3) is 11.0 Å². The molecule has 6 N–H and O–H groups in total. The summed E-state index contributed by atoms with van der Waals surface area (Å²) in [5.74, 6) is -0.132. The smallest absolute Gasteiger partial charge is 0.360 e. The second kappa shape index (κ2) is 7.53. The largest absolute Gasteiger partial charge is 0.493 e. The summed E-state index contributed by atoms with van der Waals surface area (Å²) in [4.78, 5) is 23.8. The maximum absolute atomic E-state index is 13.0. The van der Waals surface area contributed by atoms with Gasteiger partial charge < -0.3 is 40.3 Å². The number of hydrogen-bond donors (Lipinski definition) is 5. The number of anilines is 1. The van der Waals surface area contributed by atoms with Crippen LogP contribution >= 0.6 is 11.8 Å². The molecule has 2 heterocycles. The van der Waals surface area contributed by atoms with E-state index in [1.165, 1.54) is 32.4 Å². The fourth-order valence-electron chi connectivity index (χ4n) is 3.93. The molecule has 1 aromatic heterocycles. The number of rotatable bonds is 4. The number of amides is 1. The van der Waals surface area contributed by atoms with E-state index in [9.17, 15) is 24.9 Å². The summed E-state index contributed by atoms with van der Waals surface area (Å²) in [7, 11) is 2.86. The lowest BCUT2D eigenvalue weighted by Gasteiger charge is -2.37. The lowest BCUT2D eigenvalue weighted by Crippen LogP contribution is -2.57. The molecule has 2 aromatic rings. The molecule has 1 aromatic carbocycles. The number of nitrogens with one attached hydrogen (secondary N) is 1. The number of aliphatic hydroxyl groups is 3. The Morgan fingerprint density at radius 1 is 1.29 bits per heavy atom. The first kappa shape index (κ1) is 21.7. The molecule has 4 rings (SSSR count). The number of carbonyl (C=O) groups is 1. The summed E-state index contributed by atoms with van der Waals surface area (Å²) in [5, 5.41) is 33.1. The standard InChI is InChI=1S/C20H22N2O8S/c1-28-12-5-3-9-7-10(17(25)30-14(9)15(12)29-2)22-18(26)20(21)8-19(27)13(31-20)6-4-11(23)16(19)24/h3-7,11,13,16,23-24,27H,8,21H2,1-2H3,(H,22,26)/t11-,13-,16+,19+,20+/m1/s1. The third-order valence-corrected chi connectivity index (χ3v) is 7.14. The molecule has 11 heteroatoms. The van der Waals surface area contributed by atoms with Crippen LogP contribution in [0.4, 0.5) is 5.69 Å². The van der Waals surface area contributed by atoms with Gasteiger partial charge in [-0.15, -0.1) is 11.8 Å². The van der Waals surface area contributed by atoms with Crippen molar-refractivity contribution >= 4 is 34.3 Å². The van der Waals surface area contributed by atoms with E-state index in [0.717, 1.165) is 11.8 Å². The Hall–Kier alpha value is -2.57. The Morgan fingerprint density at radius 2 is 2.03 bits per heavy atom. The van der Waals surface area contributed by atoms with Crippen molar-refractivity contribution < 1.29 is 34.0 Å². The average molecular weight is 450 g/mol. The van der Waals surface area contributed by atoms with Gasteiger partial charge in [0.05, 0.1) is 19.5 Å². The van der Waals surface area contributed by atoms with Crippen LogP contribution in [0.1, 0.15) is 6.42 Å². The second-order valence-corrected chi connectivity index (χ2v) is 9.01. The zero-order valence-electron chi connectivity index (χ0n) is 16.7. The van der Waals surface area contributed by atoms with E-state index in [1.807, 2.05) is 0 Å². The van der Waals surface area contributed by atoms with Gasteiger partial charge in [-0.3, -0.25) is 4.79 Å². The van der Waals surface area contributed by atoms with Crippen molar-refractivity contribution in [2.45, 2.75) is 34.4 Å². The summed E-state index contributed by atoms with van der Waals surface area (Å²) in [5.41, 5.74) is 3.64. The van der Waals surface area contributed by atoms with E-state index in [2.05, 4.69) is 5.32 Å². The van der Waals surface area contributed by atoms with Crippen molar-refractivity contribution in [3.63, 3.8) is 0 Å². The predicted molar refractivity (Wildman–Crippen MR) is 113 cm³/mol. The van der Waals surface area contributed by atoms with Gasteiger partial charge in [0.2, 0.25) is 5.75 Å². The number of aliphatic hydroxyl groups excluding tert-OH is 2. The normalized spacial score (nSPS) is 32.0. The molecular weight excluding hydrogens is 428 g/mol. The Bertz CT molecular complexity index is 1130. The zero-order valence-corrected chi connectivity index (χ0v) is 17.5. The van der Waals surface area contributed by atoms with Crippen molar-refractivity contribution in [3.05, 3.63) is 40.8 Å². The minimum Gasteiger partial charge on any atom is -0.493 e. The third-order valence-electron chi connectivity index (χ3n) is 5.57. The van der Waals surface area contributed by atoms with Crippen molar-refractivity contribution in [1.29, 1.82) is 0 Å². The third kappa shape index (κ3) is 3.38. The monoisotopic (exact) mass is 450 g/mol. The number of carbonyl (C=O) groups excluding carboxylic acids is 1. The highest BCUT2D eigenvalue weighted by Crippen LogP contribution is 2.51. The number of fused-ring (bicyclic) bond motifs is 2. The van der Waals surface area contributed by atoms with Crippen LogP contribution in [0.2, 0.25) is 0 Å². The second-order valence-electron chi connectivity index (χ2n) is 7.54. The molecule has 0 spiro atoms. The topological polar surface area (TPSA) is 164 Å². The summed E-state index contributed by atoms with van der Waals surface area (Å²) in [6.45, 7) is 0. The maximum atomic E-state index is 13.0. The molecule has 1 fully saturated rings. The Balaban J connectivity index is 1.64. The molecular formula is C20H22N2O8S. The number of methoxy groups -OCH3 is 2. The minimum absolute atomic E-state index is 0.145. The lowest BCUT2D eigenvalue weighted by atomic mass is 9.80. The van der Waals surface area contributed by atoms with Crippen LogP contribution in [-0.2, 0) is 4.79 Å². The number of ether oxygens (including phenoxy) is 2. The molecule has 166 valence electrons. The maximum Gasteiger partial charge on any atom is 0.360 e. The van der Waals surface area contributed by atoms with E-state index in [-0.39, 0.29) is 23.4 Å². The summed E-state index contributed by atoms with van der Waals surface area (Å²) >= 11 is 0.938. The molecule has 31 heavy (non-hydrogen) atoms. The fourth-order valence-corrected chi connectivity index (χ4v) is 5.45. The average Bonchev–Trinajstić information content (AvgIpc) is 3.03. The van der Waals surface area contributed by atoms with Gasteiger partial charge in [-0.2, -0.15) is 0 Å². The Labute approximate surface area is 180 Å².